The van der Waals surface area contributed by atoms with E-state index < -0.39 is 0 Å². The summed E-state index contributed by atoms with van der Waals surface area (Å²) in [6.45, 7) is 1.98. The van der Waals surface area contributed by atoms with E-state index in [0.717, 1.165) is 0 Å². The standard InChI is InChI=1S/C11H10Cl2N2O2S/c1-6(16)18-8-4-11(17)15(5-8)7-2-9(12)14-10(13)3-7/h2-3,8H,4-5H2,1H3. The molecule has 2 heterocycles. The van der Waals surface area contributed by atoms with Gasteiger partial charge in [-0.2, -0.15) is 0 Å². The molecule has 0 bridgehead atoms. The smallest absolute Gasteiger partial charge is 0.228 e. The number of carbonyl (C=O) groups is 2. The third-order valence-electron chi connectivity index (χ3n) is 2.48. The fourth-order valence-corrected chi connectivity index (χ4v) is 3.21. The van der Waals surface area contributed by atoms with Crippen LogP contribution in [0.1, 0.15) is 13.3 Å². The average Bonchev–Trinajstić information content (AvgIpc) is 2.56. The topological polar surface area (TPSA) is 50.3 Å². The summed E-state index contributed by atoms with van der Waals surface area (Å²) in [5.41, 5.74) is 0.622. The monoisotopic (exact) mass is 304 g/mol. The van der Waals surface area contributed by atoms with Crippen LogP contribution in [0, 0.1) is 0 Å². The number of halogens is 2. The molecule has 18 heavy (non-hydrogen) atoms. The molecule has 0 N–H and O–H groups in total. The number of hydrogen-bond donors (Lipinski definition) is 0. The maximum atomic E-state index is 11.9. The van der Waals surface area contributed by atoms with E-state index in [9.17, 15) is 9.59 Å². The van der Waals surface area contributed by atoms with E-state index in [1.54, 1.807) is 17.0 Å². The number of pyridine rings is 1. The van der Waals surface area contributed by atoms with Gasteiger partial charge in [-0.05, 0) is 12.1 Å². The van der Waals surface area contributed by atoms with Gasteiger partial charge in [-0.25, -0.2) is 4.98 Å². The molecule has 2 rings (SSSR count). The van der Waals surface area contributed by atoms with Crippen LogP contribution in [0.15, 0.2) is 12.1 Å². The predicted molar refractivity (Wildman–Crippen MR) is 73.3 cm³/mol. The lowest BCUT2D eigenvalue weighted by molar-refractivity contribution is -0.117. The van der Waals surface area contributed by atoms with E-state index in [1.807, 2.05) is 0 Å². The summed E-state index contributed by atoms with van der Waals surface area (Å²) in [5, 5.41) is 0.488. The van der Waals surface area contributed by atoms with Crippen LogP contribution in [0.25, 0.3) is 0 Å². The number of hydrogen-bond acceptors (Lipinski definition) is 4. The van der Waals surface area contributed by atoms with Crippen molar-refractivity contribution in [3.63, 3.8) is 0 Å². The van der Waals surface area contributed by atoms with Gasteiger partial charge in [-0.3, -0.25) is 9.59 Å². The number of rotatable bonds is 2. The summed E-state index contributed by atoms with van der Waals surface area (Å²) < 4.78 is 0. The van der Waals surface area contributed by atoms with Gasteiger partial charge in [0.15, 0.2) is 5.12 Å². The molecule has 1 fully saturated rings. The number of carbonyl (C=O) groups excluding carboxylic acids is 2. The predicted octanol–water partition coefficient (Wildman–Crippen LogP) is 2.77. The summed E-state index contributed by atoms with van der Waals surface area (Å²) in [6, 6.07) is 3.18. The fourth-order valence-electron chi connectivity index (χ4n) is 1.85. The second-order valence-corrected chi connectivity index (χ2v) is 6.16. The van der Waals surface area contributed by atoms with Crippen molar-refractivity contribution in [3.8, 4) is 0 Å². The molecule has 1 atom stereocenters. The zero-order valence-electron chi connectivity index (χ0n) is 9.52. The lowest BCUT2D eigenvalue weighted by Gasteiger charge is -2.16. The number of aromatic nitrogens is 1. The Morgan fingerprint density at radius 2 is 2.06 bits per heavy atom. The van der Waals surface area contributed by atoms with E-state index in [-0.39, 0.29) is 26.6 Å². The van der Waals surface area contributed by atoms with Crippen molar-refractivity contribution in [2.75, 3.05) is 11.4 Å². The minimum absolute atomic E-state index is 0.0132. The molecule has 1 aromatic heterocycles. The molecule has 0 aliphatic carbocycles. The number of thioether (sulfide) groups is 1. The first-order chi connectivity index (χ1) is 8.45. The van der Waals surface area contributed by atoms with Gasteiger partial charge in [0.25, 0.3) is 0 Å². The molecule has 1 amide bonds. The second kappa shape index (κ2) is 5.47. The van der Waals surface area contributed by atoms with Crippen molar-refractivity contribution < 1.29 is 9.59 Å². The van der Waals surface area contributed by atoms with Crippen molar-refractivity contribution in [1.29, 1.82) is 0 Å². The van der Waals surface area contributed by atoms with Gasteiger partial charge in [0.1, 0.15) is 10.3 Å². The molecular formula is C11H10Cl2N2O2S. The van der Waals surface area contributed by atoms with Gasteiger partial charge >= 0.3 is 0 Å². The van der Waals surface area contributed by atoms with E-state index in [1.165, 1.54) is 18.7 Å². The van der Waals surface area contributed by atoms with Crippen LogP contribution in [-0.2, 0) is 9.59 Å². The molecule has 1 unspecified atom stereocenters. The zero-order chi connectivity index (χ0) is 13.3. The molecular weight excluding hydrogens is 295 g/mol. The van der Waals surface area contributed by atoms with E-state index >= 15 is 0 Å². The Labute approximate surface area is 119 Å². The van der Waals surface area contributed by atoms with Gasteiger partial charge < -0.3 is 4.90 Å². The Hall–Kier alpha value is -0.780. The van der Waals surface area contributed by atoms with Crippen LogP contribution in [0.3, 0.4) is 0 Å². The number of nitrogens with zero attached hydrogens (tertiary/aromatic N) is 2. The molecule has 0 aromatic carbocycles. The first kappa shape index (κ1) is 13.6. The van der Waals surface area contributed by atoms with Crippen molar-refractivity contribution in [2.24, 2.45) is 0 Å². The lowest BCUT2D eigenvalue weighted by atomic mass is 10.3. The molecule has 96 valence electrons. The van der Waals surface area contributed by atoms with E-state index in [4.69, 9.17) is 23.2 Å². The maximum absolute atomic E-state index is 11.9. The summed E-state index contributed by atoms with van der Waals surface area (Å²) in [4.78, 5) is 28.3. The van der Waals surface area contributed by atoms with Crippen LogP contribution in [0.2, 0.25) is 10.3 Å². The highest BCUT2D eigenvalue weighted by molar-refractivity contribution is 8.14. The Bertz CT molecular complexity index is 490. The lowest BCUT2D eigenvalue weighted by Crippen LogP contribution is -2.25. The van der Waals surface area contributed by atoms with Crippen molar-refractivity contribution >= 4 is 51.7 Å². The first-order valence-corrected chi connectivity index (χ1v) is 6.90. The van der Waals surface area contributed by atoms with Gasteiger partial charge in [0.05, 0.1) is 0 Å². The Morgan fingerprint density at radius 3 is 2.61 bits per heavy atom. The van der Waals surface area contributed by atoms with Crippen LogP contribution >= 0.6 is 35.0 Å². The highest BCUT2D eigenvalue weighted by Crippen LogP contribution is 2.30. The van der Waals surface area contributed by atoms with Crippen LogP contribution in [0.5, 0.6) is 0 Å². The minimum Gasteiger partial charge on any atom is -0.311 e. The fraction of sp³-hybridized carbons (Fsp3) is 0.364. The third kappa shape index (κ3) is 3.16. The molecule has 1 aliphatic rings. The Morgan fingerprint density at radius 1 is 1.44 bits per heavy atom. The van der Waals surface area contributed by atoms with Crippen LogP contribution in [0.4, 0.5) is 5.69 Å². The number of amides is 1. The molecule has 0 radical (unpaired) electrons. The summed E-state index contributed by atoms with van der Waals surface area (Å²) >= 11 is 12.8. The minimum atomic E-state index is -0.0351. The summed E-state index contributed by atoms with van der Waals surface area (Å²) in [7, 11) is 0. The highest BCUT2D eigenvalue weighted by atomic mass is 35.5. The molecule has 1 saturated heterocycles. The SMILES string of the molecule is CC(=O)SC1CC(=O)N(c2cc(Cl)nc(Cl)c2)C1. The summed E-state index contributed by atoms with van der Waals surface area (Å²) in [6.07, 6.45) is 0.349. The van der Waals surface area contributed by atoms with Gasteiger partial charge in [-0.15, -0.1) is 0 Å². The highest BCUT2D eigenvalue weighted by Gasteiger charge is 2.32. The van der Waals surface area contributed by atoms with Crippen molar-refractivity contribution in [2.45, 2.75) is 18.6 Å². The Balaban J connectivity index is 2.18. The second-order valence-electron chi connectivity index (χ2n) is 3.91. The van der Waals surface area contributed by atoms with Crippen molar-refractivity contribution in [3.05, 3.63) is 22.4 Å². The maximum Gasteiger partial charge on any atom is 0.228 e. The normalized spacial score (nSPS) is 19.4. The molecule has 0 saturated carbocycles. The van der Waals surface area contributed by atoms with Gasteiger partial charge in [0.2, 0.25) is 5.91 Å². The average molecular weight is 305 g/mol. The van der Waals surface area contributed by atoms with Crippen molar-refractivity contribution in [1.82, 2.24) is 4.98 Å². The molecule has 4 nitrogen and oxygen atoms in total. The van der Waals surface area contributed by atoms with Crippen LogP contribution < -0.4 is 4.90 Å². The largest absolute Gasteiger partial charge is 0.311 e. The first-order valence-electron chi connectivity index (χ1n) is 5.26. The van der Waals surface area contributed by atoms with E-state index in [0.29, 0.717) is 18.7 Å². The Kier molecular flexibility index (Phi) is 4.14. The van der Waals surface area contributed by atoms with E-state index in [2.05, 4.69) is 4.98 Å². The summed E-state index contributed by atoms with van der Waals surface area (Å²) in [5.74, 6) is -0.0351. The molecule has 1 aliphatic heterocycles. The third-order valence-corrected chi connectivity index (χ3v) is 3.85. The number of anilines is 1. The quantitative estimate of drug-likeness (QED) is 0.788. The molecule has 1 aromatic rings. The van der Waals surface area contributed by atoms with Gasteiger partial charge in [0, 0.05) is 30.8 Å². The zero-order valence-corrected chi connectivity index (χ0v) is 11.8. The van der Waals surface area contributed by atoms with Gasteiger partial charge in [-0.1, -0.05) is 35.0 Å². The molecule has 7 heteroatoms. The van der Waals surface area contributed by atoms with Crippen LogP contribution in [-0.4, -0.2) is 27.8 Å². The molecule has 0 spiro atoms.